The van der Waals surface area contributed by atoms with Gasteiger partial charge < -0.3 is 10.3 Å². The van der Waals surface area contributed by atoms with Crippen LogP contribution in [0.3, 0.4) is 0 Å². The van der Waals surface area contributed by atoms with Crippen LogP contribution in [0.5, 0.6) is 0 Å². The van der Waals surface area contributed by atoms with Gasteiger partial charge in [-0.2, -0.15) is 0 Å². The van der Waals surface area contributed by atoms with Gasteiger partial charge in [0.15, 0.2) is 10.9 Å². The van der Waals surface area contributed by atoms with Crippen molar-refractivity contribution >= 4 is 45.3 Å². The summed E-state index contributed by atoms with van der Waals surface area (Å²) in [6.07, 6.45) is 0.825. The first-order valence-electron chi connectivity index (χ1n) is 13.0. The van der Waals surface area contributed by atoms with Gasteiger partial charge in [-0.05, 0) is 50.1 Å². The predicted molar refractivity (Wildman–Crippen MR) is 157 cm³/mol. The normalized spacial score (nSPS) is 11.3. The molecule has 0 aliphatic carbocycles. The highest BCUT2D eigenvalue weighted by Crippen LogP contribution is 2.26. The zero-order valence-electron chi connectivity index (χ0n) is 22.2. The van der Waals surface area contributed by atoms with E-state index < -0.39 is 0 Å². The van der Waals surface area contributed by atoms with Crippen LogP contribution in [0.25, 0.3) is 21.8 Å². The van der Waals surface area contributed by atoms with E-state index in [0.29, 0.717) is 40.3 Å². The molecular weight excluding hydrogens is 508 g/mol. The van der Waals surface area contributed by atoms with Crippen LogP contribution in [0.15, 0.2) is 76.7 Å². The SMILES string of the molecule is CCCNC(=O)c1ccc2c(=O)n(Cc3ccc(C)cc3)c(SCC(=O)c3c(C)[nH]c4ccccc34)nc2c1. The number of aryl methyl sites for hydroxylation is 2. The molecule has 0 atom stereocenters. The standard InChI is InChI=1S/C31H30N4O3S/c1-4-15-32-29(37)22-13-14-24-26(16-22)34-31(35(30(24)38)17-21-11-9-19(2)10-12-21)39-18-27(36)28-20(3)33-25-8-6-5-7-23(25)28/h5-14,16,33H,4,15,17-18H2,1-3H3,(H,32,37). The lowest BCUT2D eigenvalue weighted by molar-refractivity contribution is 0.0952. The van der Waals surface area contributed by atoms with Gasteiger partial charge in [0.1, 0.15) is 0 Å². The molecule has 7 nitrogen and oxygen atoms in total. The Morgan fingerprint density at radius 3 is 2.54 bits per heavy atom. The highest BCUT2D eigenvalue weighted by atomic mass is 32.2. The van der Waals surface area contributed by atoms with Gasteiger partial charge in [0.05, 0.1) is 23.2 Å². The van der Waals surface area contributed by atoms with Crippen LogP contribution in [-0.4, -0.2) is 38.5 Å². The Balaban J connectivity index is 1.53. The summed E-state index contributed by atoms with van der Waals surface area (Å²) >= 11 is 1.24. The number of fused-ring (bicyclic) bond motifs is 2. The van der Waals surface area contributed by atoms with Crippen molar-refractivity contribution in [2.45, 2.75) is 38.9 Å². The summed E-state index contributed by atoms with van der Waals surface area (Å²) in [5.41, 5.74) is 5.14. The number of aromatic nitrogens is 3. The second-order valence-corrected chi connectivity index (χ2v) is 10.6. The molecule has 39 heavy (non-hydrogen) atoms. The summed E-state index contributed by atoms with van der Waals surface area (Å²) in [5, 5.41) is 4.61. The number of carbonyl (C=O) groups is 2. The van der Waals surface area contributed by atoms with E-state index in [-0.39, 0.29) is 23.0 Å². The molecule has 5 rings (SSSR count). The lowest BCUT2D eigenvalue weighted by Gasteiger charge is -2.14. The summed E-state index contributed by atoms with van der Waals surface area (Å²) in [6, 6.07) is 20.7. The molecule has 2 aromatic heterocycles. The van der Waals surface area contributed by atoms with Gasteiger partial charge in [0.2, 0.25) is 0 Å². The van der Waals surface area contributed by atoms with Gasteiger partial charge in [0.25, 0.3) is 11.5 Å². The van der Waals surface area contributed by atoms with E-state index in [1.807, 2.05) is 69.3 Å². The molecule has 8 heteroatoms. The van der Waals surface area contributed by atoms with Crippen LogP contribution in [0.2, 0.25) is 0 Å². The largest absolute Gasteiger partial charge is 0.358 e. The molecule has 0 saturated carbocycles. The van der Waals surface area contributed by atoms with Crippen molar-refractivity contribution in [1.29, 1.82) is 0 Å². The fourth-order valence-corrected chi connectivity index (χ4v) is 5.52. The molecule has 198 valence electrons. The highest BCUT2D eigenvalue weighted by molar-refractivity contribution is 7.99. The number of nitrogens with zero attached hydrogens (tertiary/aromatic N) is 2. The van der Waals surface area contributed by atoms with Crippen LogP contribution in [0, 0.1) is 13.8 Å². The average molecular weight is 539 g/mol. The first-order valence-corrected chi connectivity index (χ1v) is 14.0. The van der Waals surface area contributed by atoms with Crippen molar-refractivity contribution in [1.82, 2.24) is 19.9 Å². The molecule has 2 heterocycles. The van der Waals surface area contributed by atoms with Gasteiger partial charge in [-0.15, -0.1) is 0 Å². The Morgan fingerprint density at radius 2 is 1.77 bits per heavy atom. The monoisotopic (exact) mass is 538 g/mol. The van der Waals surface area contributed by atoms with E-state index in [1.54, 1.807) is 22.8 Å². The van der Waals surface area contributed by atoms with E-state index in [9.17, 15) is 14.4 Å². The third kappa shape index (κ3) is 5.52. The zero-order chi connectivity index (χ0) is 27.5. The predicted octanol–water partition coefficient (Wildman–Crippen LogP) is 5.66. The van der Waals surface area contributed by atoms with Gasteiger partial charge in [-0.1, -0.05) is 66.7 Å². The maximum atomic E-state index is 13.7. The summed E-state index contributed by atoms with van der Waals surface area (Å²) < 4.78 is 1.61. The maximum Gasteiger partial charge on any atom is 0.262 e. The van der Waals surface area contributed by atoms with E-state index in [2.05, 4.69) is 10.3 Å². The molecule has 0 spiro atoms. The van der Waals surface area contributed by atoms with Crippen molar-refractivity contribution in [2.24, 2.45) is 0 Å². The second-order valence-electron chi connectivity index (χ2n) is 9.64. The quantitative estimate of drug-likeness (QED) is 0.143. The number of rotatable bonds is 9. The lowest BCUT2D eigenvalue weighted by Crippen LogP contribution is -2.26. The minimum absolute atomic E-state index is 0.0427. The fourth-order valence-electron chi connectivity index (χ4n) is 4.65. The number of thioether (sulfide) groups is 1. The summed E-state index contributed by atoms with van der Waals surface area (Å²) in [7, 11) is 0. The van der Waals surface area contributed by atoms with Crippen LogP contribution in [0.4, 0.5) is 0 Å². The number of para-hydroxylation sites is 1. The van der Waals surface area contributed by atoms with Crippen LogP contribution < -0.4 is 10.9 Å². The number of Topliss-reactive ketones (excluding diaryl/α,β-unsaturated/α-hetero) is 1. The first-order chi connectivity index (χ1) is 18.9. The third-order valence-electron chi connectivity index (χ3n) is 6.68. The van der Waals surface area contributed by atoms with Crippen molar-refractivity contribution < 1.29 is 9.59 Å². The van der Waals surface area contributed by atoms with E-state index in [4.69, 9.17) is 4.98 Å². The maximum absolute atomic E-state index is 13.7. The van der Waals surface area contributed by atoms with Crippen LogP contribution in [-0.2, 0) is 6.54 Å². The molecule has 2 N–H and O–H groups in total. The Bertz CT molecular complexity index is 1750. The van der Waals surface area contributed by atoms with Crippen LogP contribution >= 0.6 is 11.8 Å². The third-order valence-corrected chi connectivity index (χ3v) is 7.66. The fraction of sp³-hybridized carbons (Fsp3) is 0.226. The second kappa shape index (κ2) is 11.3. The number of benzene rings is 3. The molecule has 1 amide bonds. The highest BCUT2D eigenvalue weighted by Gasteiger charge is 2.19. The first kappa shape index (κ1) is 26.4. The molecule has 0 fully saturated rings. The molecule has 0 aliphatic rings. The average Bonchev–Trinajstić information content (AvgIpc) is 3.28. The zero-order valence-corrected chi connectivity index (χ0v) is 23.0. The molecule has 0 aliphatic heterocycles. The van der Waals surface area contributed by atoms with Gasteiger partial charge >= 0.3 is 0 Å². The van der Waals surface area contributed by atoms with Crippen LogP contribution in [0.1, 0.15) is 50.9 Å². The number of hydrogen-bond acceptors (Lipinski definition) is 5. The van der Waals surface area contributed by atoms with Crippen molar-refractivity contribution in [3.63, 3.8) is 0 Å². The lowest BCUT2D eigenvalue weighted by atomic mass is 10.1. The minimum atomic E-state index is -0.209. The topological polar surface area (TPSA) is 96.9 Å². The number of carbonyl (C=O) groups excluding carboxylic acids is 2. The summed E-state index contributed by atoms with van der Waals surface area (Å²) in [4.78, 5) is 47.7. The molecule has 0 saturated heterocycles. The van der Waals surface area contributed by atoms with E-state index in [1.165, 1.54) is 11.8 Å². The summed E-state index contributed by atoms with van der Waals surface area (Å²) in [6.45, 7) is 6.79. The molecule has 5 aromatic rings. The van der Waals surface area contributed by atoms with Crippen molar-refractivity contribution in [3.8, 4) is 0 Å². The van der Waals surface area contributed by atoms with Crippen molar-refractivity contribution in [2.75, 3.05) is 12.3 Å². The van der Waals surface area contributed by atoms with Gasteiger partial charge in [-0.25, -0.2) is 4.98 Å². The van der Waals surface area contributed by atoms with Gasteiger partial charge in [0, 0.05) is 34.3 Å². The number of hydrogen-bond donors (Lipinski definition) is 2. The number of nitrogens with one attached hydrogen (secondary N) is 2. The Morgan fingerprint density at radius 1 is 1.00 bits per heavy atom. The number of amides is 1. The molecule has 0 unspecified atom stereocenters. The number of ketones is 1. The Hall–Kier alpha value is -4.17. The summed E-state index contributed by atoms with van der Waals surface area (Å²) in [5.74, 6) is -0.131. The number of aromatic amines is 1. The minimum Gasteiger partial charge on any atom is -0.358 e. The number of H-pyrrole nitrogens is 1. The van der Waals surface area contributed by atoms with Gasteiger partial charge in [-0.3, -0.25) is 19.0 Å². The Labute approximate surface area is 230 Å². The van der Waals surface area contributed by atoms with E-state index in [0.717, 1.165) is 34.1 Å². The molecule has 0 radical (unpaired) electrons. The molecular formula is C31H30N4O3S. The Kier molecular flexibility index (Phi) is 7.65. The molecule has 0 bridgehead atoms. The molecule has 3 aromatic carbocycles. The van der Waals surface area contributed by atoms with Crippen molar-refractivity contribution in [3.05, 3.63) is 105 Å². The smallest absolute Gasteiger partial charge is 0.262 e. The van der Waals surface area contributed by atoms with E-state index >= 15 is 0 Å².